The second-order valence-electron chi connectivity index (χ2n) is 6.99. The average Bonchev–Trinajstić information content (AvgIpc) is 2.73. The Balaban J connectivity index is 1.94. The van der Waals surface area contributed by atoms with Crippen LogP contribution in [0, 0.1) is 6.92 Å². The Bertz CT molecular complexity index is 1120. The number of halogens is 1. The summed E-state index contributed by atoms with van der Waals surface area (Å²) in [5.41, 5.74) is 2.05. The van der Waals surface area contributed by atoms with E-state index < -0.39 is 10.0 Å². The van der Waals surface area contributed by atoms with Crippen molar-refractivity contribution in [1.82, 2.24) is 4.90 Å². The first-order chi connectivity index (χ1) is 14.3. The Morgan fingerprint density at radius 2 is 1.53 bits per heavy atom. The van der Waals surface area contributed by atoms with Crippen LogP contribution in [0.4, 0.5) is 5.69 Å². The predicted octanol–water partition coefficient (Wildman–Crippen LogP) is 4.50. The largest absolute Gasteiger partial charge is 0.340 e. The molecule has 0 fully saturated rings. The number of carbonyl (C=O) groups excluding carboxylic acids is 1. The lowest BCUT2D eigenvalue weighted by molar-refractivity contribution is -0.128. The van der Waals surface area contributed by atoms with Gasteiger partial charge in [-0.25, -0.2) is 8.42 Å². The van der Waals surface area contributed by atoms with Gasteiger partial charge in [0.25, 0.3) is 10.0 Å². The lowest BCUT2D eigenvalue weighted by atomic mass is 10.2. The number of carbonyl (C=O) groups is 1. The SMILES string of the molecule is Cc1cc(Cl)ccc1N(CC(=O)N(C)Cc1ccccc1)S(=O)(=O)c1ccccc1. The maximum Gasteiger partial charge on any atom is 0.264 e. The molecular formula is C23H23ClN2O3S. The van der Waals surface area contributed by atoms with Crippen LogP contribution >= 0.6 is 11.6 Å². The summed E-state index contributed by atoms with van der Waals surface area (Å²) in [6.45, 7) is 1.84. The summed E-state index contributed by atoms with van der Waals surface area (Å²) in [7, 11) is -2.28. The van der Waals surface area contributed by atoms with E-state index in [9.17, 15) is 13.2 Å². The zero-order valence-electron chi connectivity index (χ0n) is 16.8. The van der Waals surface area contributed by atoms with Gasteiger partial charge in [-0.3, -0.25) is 9.10 Å². The zero-order valence-corrected chi connectivity index (χ0v) is 18.4. The van der Waals surface area contributed by atoms with Gasteiger partial charge in [0, 0.05) is 18.6 Å². The molecule has 0 atom stereocenters. The van der Waals surface area contributed by atoms with E-state index in [2.05, 4.69) is 0 Å². The molecule has 0 N–H and O–H groups in total. The zero-order chi connectivity index (χ0) is 21.7. The Labute approximate surface area is 182 Å². The van der Waals surface area contributed by atoms with Crippen molar-refractivity contribution < 1.29 is 13.2 Å². The Kier molecular flexibility index (Phi) is 6.80. The minimum atomic E-state index is -3.95. The standard InChI is InChI=1S/C23H23ClN2O3S/c1-18-15-20(24)13-14-22(18)26(30(28,29)21-11-7-4-8-12-21)17-23(27)25(2)16-19-9-5-3-6-10-19/h3-15H,16-17H2,1-2H3. The third kappa shape index (κ3) is 5.01. The van der Waals surface area contributed by atoms with E-state index in [1.54, 1.807) is 50.4 Å². The molecule has 3 aromatic rings. The van der Waals surface area contributed by atoms with Crippen molar-refractivity contribution >= 4 is 33.2 Å². The van der Waals surface area contributed by atoms with Gasteiger partial charge in [0.1, 0.15) is 6.54 Å². The molecule has 0 saturated carbocycles. The molecule has 3 aromatic carbocycles. The molecular weight excluding hydrogens is 420 g/mol. The minimum absolute atomic E-state index is 0.123. The van der Waals surface area contributed by atoms with Gasteiger partial charge in [-0.1, -0.05) is 60.1 Å². The van der Waals surface area contributed by atoms with E-state index in [-0.39, 0.29) is 17.3 Å². The topological polar surface area (TPSA) is 57.7 Å². The molecule has 0 aromatic heterocycles. The summed E-state index contributed by atoms with van der Waals surface area (Å²) >= 11 is 6.06. The van der Waals surface area contributed by atoms with Crippen molar-refractivity contribution in [2.24, 2.45) is 0 Å². The van der Waals surface area contributed by atoms with Gasteiger partial charge in [0.05, 0.1) is 10.6 Å². The number of rotatable bonds is 7. The van der Waals surface area contributed by atoms with E-state index in [1.165, 1.54) is 17.0 Å². The summed E-state index contributed by atoms with van der Waals surface area (Å²) in [4.78, 5) is 14.6. The highest BCUT2D eigenvalue weighted by molar-refractivity contribution is 7.92. The van der Waals surface area contributed by atoms with Crippen LogP contribution < -0.4 is 4.31 Å². The van der Waals surface area contributed by atoms with Crippen molar-refractivity contribution in [2.45, 2.75) is 18.4 Å². The average molecular weight is 443 g/mol. The fraction of sp³-hybridized carbons (Fsp3) is 0.174. The predicted molar refractivity (Wildman–Crippen MR) is 120 cm³/mol. The number of aryl methyl sites for hydroxylation is 1. The van der Waals surface area contributed by atoms with Crippen LogP contribution in [0.2, 0.25) is 5.02 Å². The molecule has 0 radical (unpaired) electrons. The molecule has 3 rings (SSSR count). The molecule has 156 valence electrons. The van der Waals surface area contributed by atoms with Crippen LogP contribution in [0.15, 0.2) is 83.8 Å². The Morgan fingerprint density at radius 1 is 0.933 bits per heavy atom. The highest BCUT2D eigenvalue weighted by Crippen LogP contribution is 2.29. The van der Waals surface area contributed by atoms with Gasteiger partial charge in [-0.2, -0.15) is 0 Å². The highest BCUT2D eigenvalue weighted by atomic mass is 35.5. The minimum Gasteiger partial charge on any atom is -0.340 e. The lowest BCUT2D eigenvalue weighted by Crippen LogP contribution is -2.41. The van der Waals surface area contributed by atoms with Crippen LogP contribution in [0.3, 0.4) is 0 Å². The smallest absolute Gasteiger partial charge is 0.264 e. The third-order valence-electron chi connectivity index (χ3n) is 4.73. The fourth-order valence-corrected chi connectivity index (χ4v) is 4.83. The summed E-state index contributed by atoms with van der Waals surface area (Å²) in [6.07, 6.45) is 0. The van der Waals surface area contributed by atoms with E-state index in [4.69, 9.17) is 11.6 Å². The van der Waals surface area contributed by atoms with Gasteiger partial charge in [-0.15, -0.1) is 0 Å². The van der Waals surface area contributed by atoms with Crippen molar-refractivity contribution in [3.8, 4) is 0 Å². The van der Waals surface area contributed by atoms with Gasteiger partial charge in [0.2, 0.25) is 5.91 Å². The molecule has 5 nitrogen and oxygen atoms in total. The molecule has 7 heteroatoms. The van der Waals surface area contributed by atoms with Crippen LogP contribution in [-0.2, 0) is 21.4 Å². The van der Waals surface area contributed by atoms with Crippen molar-refractivity contribution in [3.63, 3.8) is 0 Å². The number of benzene rings is 3. The van der Waals surface area contributed by atoms with Gasteiger partial charge >= 0.3 is 0 Å². The molecule has 0 saturated heterocycles. The molecule has 0 heterocycles. The maximum atomic E-state index is 13.4. The van der Waals surface area contributed by atoms with E-state index >= 15 is 0 Å². The van der Waals surface area contributed by atoms with Crippen molar-refractivity contribution in [1.29, 1.82) is 0 Å². The van der Waals surface area contributed by atoms with Crippen molar-refractivity contribution in [2.75, 3.05) is 17.9 Å². The number of amides is 1. The molecule has 0 bridgehead atoms. The second-order valence-corrected chi connectivity index (χ2v) is 9.29. The Morgan fingerprint density at radius 3 is 2.13 bits per heavy atom. The molecule has 0 aliphatic heterocycles. The quantitative estimate of drug-likeness (QED) is 0.541. The monoisotopic (exact) mass is 442 g/mol. The number of hydrogen-bond donors (Lipinski definition) is 0. The number of hydrogen-bond acceptors (Lipinski definition) is 3. The van der Waals surface area contributed by atoms with Crippen LogP contribution in [0.25, 0.3) is 0 Å². The van der Waals surface area contributed by atoms with Crippen LogP contribution in [0.1, 0.15) is 11.1 Å². The fourth-order valence-electron chi connectivity index (χ4n) is 3.11. The van der Waals surface area contributed by atoms with E-state index in [0.717, 1.165) is 9.87 Å². The first-order valence-corrected chi connectivity index (χ1v) is 11.2. The van der Waals surface area contributed by atoms with Gasteiger partial charge < -0.3 is 4.90 Å². The molecule has 1 amide bonds. The Hall–Kier alpha value is -2.83. The summed E-state index contributed by atoms with van der Waals surface area (Å²) in [6, 6.07) is 22.6. The second kappa shape index (κ2) is 9.32. The highest BCUT2D eigenvalue weighted by Gasteiger charge is 2.29. The number of sulfonamides is 1. The van der Waals surface area contributed by atoms with Crippen LogP contribution in [-0.4, -0.2) is 32.8 Å². The first kappa shape index (κ1) is 21.9. The van der Waals surface area contributed by atoms with Crippen LogP contribution in [0.5, 0.6) is 0 Å². The maximum absolute atomic E-state index is 13.4. The number of anilines is 1. The van der Waals surface area contributed by atoms with Crippen molar-refractivity contribution in [3.05, 3.63) is 95.0 Å². The normalized spacial score (nSPS) is 11.2. The lowest BCUT2D eigenvalue weighted by Gasteiger charge is -2.28. The summed E-state index contributed by atoms with van der Waals surface area (Å²) < 4.78 is 28.0. The third-order valence-corrected chi connectivity index (χ3v) is 6.73. The van der Waals surface area contributed by atoms with E-state index in [1.807, 2.05) is 30.3 Å². The molecule has 0 aliphatic rings. The van der Waals surface area contributed by atoms with Gasteiger partial charge in [0.15, 0.2) is 0 Å². The molecule has 0 spiro atoms. The number of nitrogens with zero attached hydrogens (tertiary/aromatic N) is 2. The molecule has 0 unspecified atom stereocenters. The summed E-state index contributed by atoms with van der Waals surface area (Å²) in [5.74, 6) is -0.312. The number of likely N-dealkylation sites (N-methyl/N-ethyl adjacent to an activating group) is 1. The van der Waals surface area contributed by atoms with Gasteiger partial charge in [-0.05, 0) is 48.4 Å². The first-order valence-electron chi connectivity index (χ1n) is 9.41. The summed E-state index contributed by atoms with van der Waals surface area (Å²) in [5, 5.41) is 0.501. The molecule has 0 aliphatic carbocycles. The van der Waals surface area contributed by atoms with E-state index in [0.29, 0.717) is 22.8 Å². The molecule has 30 heavy (non-hydrogen) atoms.